The smallest absolute Gasteiger partial charge is 0.303 e. The highest BCUT2D eigenvalue weighted by molar-refractivity contribution is 5.67. The molecule has 0 aliphatic rings. The molecule has 0 fully saturated rings. The number of rotatable bonds is 4. The summed E-state index contributed by atoms with van der Waals surface area (Å²) in [6.07, 6.45) is 0.178. The van der Waals surface area contributed by atoms with Crippen LogP contribution in [0.1, 0.15) is 12.2 Å². The molecular weight excluding hydrogens is 242 g/mol. The molecule has 1 heterocycles. The summed E-state index contributed by atoms with van der Waals surface area (Å²) >= 11 is 0. The standard InChI is InChI=1S/C13H10F2O3/c14-8-1-4-10(11(15)7-8)12-5-2-9(18-12)3-6-13(16)17/h1-2,4-5,7H,3,6H2,(H,16,17). The molecule has 1 aromatic carbocycles. The SMILES string of the molecule is O=C(O)CCc1ccc(-c2ccc(F)cc2F)o1. The van der Waals surface area contributed by atoms with E-state index in [2.05, 4.69) is 0 Å². The van der Waals surface area contributed by atoms with Crippen molar-refractivity contribution in [2.45, 2.75) is 12.8 Å². The lowest BCUT2D eigenvalue weighted by atomic mass is 10.1. The Kier molecular flexibility index (Phi) is 3.41. The number of hydrogen-bond acceptors (Lipinski definition) is 2. The molecule has 0 amide bonds. The zero-order valence-electron chi connectivity index (χ0n) is 9.32. The van der Waals surface area contributed by atoms with Gasteiger partial charge >= 0.3 is 5.97 Å². The Morgan fingerprint density at radius 3 is 2.67 bits per heavy atom. The second-order valence-electron chi connectivity index (χ2n) is 3.78. The Morgan fingerprint density at radius 2 is 2.00 bits per heavy atom. The van der Waals surface area contributed by atoms with Crippen LogP contribution >= 0.6 is 0 Å². The molecule has 3 nitrogen and oxygen atoms in total. The number of hydrogen-bond donors (Lipinski definition) is 1. The van der Waals surface area contributed by atoms with Crippen molar-refractivity contribution < 1.29 is 23.1 Å². The molecule has 0 bridgehead atoms. The van der Waals surface area contributed by atoms with Crippen molar-refractivity contribution in [1.82, 2.24) is 0 Å². The summed E-state index contributed by atoms with van der Waals surface area (Å²) in [4.78, 5) is 10.4. The van der Waals surface area contributed by atoms with Crippen LogP contribution < -0.4 is 0 Å². The van der Waals surface area contributed by atoms with Crippen molar-refractivity contribution in [3.8, 4) is 11.3 Å². The van der Waals surface area contributed by atoms with Gasteiger partial charge in [0.1, 0.15) is 23.2 Å². The number of halogens is 2. The summed E-state index contributed by atoms with van der Waals surface area (Å²) in [5, 5.41) is 8.53. The number of benzene rings is 1. The van der Waals surface area contributed by atoms with E-state index in [-0.39, 0.29) is 24.2 Å². The number of carboxylic acid groups (broad SMARTS) is 1. The minimum absolute atomic E-state index is 0.0567. The predicted molar refractivity (Wildman–Crippen MR) is 60.0 cm³/mol. The molecule has 0 aliphatic heterocycles. The van der Waals surface area contributed by atoms with E-state index in [9.17, 15) is 13.6 Å². The van der Waals surface area contributed by atoms with Gasteiger partial charge in [0.15, 0.2) is 0 Å². The maximum atomic E-state index is 13.5. The molecule has 1 aromatic heterocycles. The highest BCUT2D eigenvalue weighted by atomic mass is 19.1. The Labute approximate surface area is 102 Å². The highest BCUT2D eigenvalue weighted by Crippen LogP contribution is 2.25. The molecular formula is C13H10F2O3. The largest absolute Gasteiger partial charge is 0.481 e. The first kappa shape index (κ1) is 12.3. The third-order valence-electron chi connectivity index (χ3n) is 2.44. The summed E-state index contributed by atoms with van der Waals surface area (Å²) in [6, 6.07) is 6.31. The van der Waals surface area contributed by atoms with Crippen molar-refractivity contribution in [2.75, 3.05) is 0 Å². The lowest BCUT2D eigenvalue weighted by Gasteiger charge is -1.99. The maximum Gasteiger partial charge on any atom is 0.303 e. The van der Waals surface area contributed by atoms with Crippen molar-refractivity contribution in [3.63, 3.8) is 0 Å². The summed E-state index contributed by atoms with van der Waals surface area (Å²) in [5.74, 6) is -1.59. The minimum Gasteiger partial charge on any atom is -0.481 e. The number of carboxylic acids is 1. The van der Waals surface area contributed by atoms with Crippen LogP contribution in [0.3, 0.4) is 0 Å². The molecule has 2 aromatic rings. The molecule has 0 spiro atoms. The normalized spacial score (nSPS) is 10.6. The predicted octanol–water partition coefficient (Wildman–Crippen LogP) is 3.24. The summed E-state index contributed by atoms with van der Waals surface area (Å²) in [5.41, 5.74) is 0.151. The fourth-order valence-electron chi connectivity index (χ4n) is 1.58. The van der Waals surface area contributed by atoms with E-state index in [1.54, 1.807) is 6.07 Å². The van der Waals surface area contributed by atoms with E-state index in [0.29, 0.717) is 5.76 Å². The Hall–Kier alpha value is -2.17. The average Bonchev–Trinajstić information content (AvgIpc) is 2.75. The van der Waals surface area contributed by atoms with Gasteiger partial charge in [-0.2, -0.15) is 0 Å². The lowest BCUT2D eigenvalue weighted by Crippen LogP contribution is -1.96. The van der Waals surface area contributed by atoms with E-state index in [4.69, 9.17) is 9.52 Å². The van der Waals surface area contributed by atoms with Gasteiger partial charge in [0.05, 0.1) is 12.0 Å². The molecule has 18 heavy (non-hydrogen) atoms. The molecule has 0 atom stereocenters. The van der Waals surface area contributed by atoms with Crippen molar-refractivity contribution in [1.29, 1.82) is 0 Å². The van der Waals surface area contributed by atoms with E-state index >= 15 is 0 Å². The zero-order valence-corrected chi connectivity index (χ0v) is 9.32. The monoisotopic (exact) mass is 252 g/mol. The number of aliphatic carboxylic acids is 1. The summed E-state index contributed by atoms with van der Waals surface area (Å²) in [7, 11) is 0. The third-order valence-corrected chi connectivity index (χ3v) is 2.44. The zero-order chi connectivity index (χ0) is 13.1. The van der Waals surface area contributed by atoms with Gasteiger partial charge in [0.2, 0.25) is 0 Å². The van der Waals surface area contributed by atoms with Gasteiger partial charge < -0.3 is 9.52 Å². The number of furan rings is 1. The van der Waals surface area contributed by atoms with Gasteiger partial charge in [-0.05, 0) is 24.3 Å². The van der Waals surface area contributed by atoms with Crippen molar-refractivity contribution in [2.24, 2.45) is 0 Å². The van der Waals surface area contributed by atoms with Crippen LogP contribution in [0, 0.1) is 11.6 Å². The van der Waals surface area contributed by atoms with Crippen molar-refractivity contribution >= 4 is 5.97 Å². The summed E-state index contributed by atoms with van der Waals surface area (Å²) < 4.78 is 31.5. The second-order valence-corrected chi connectivity index (χ2v) is 3.78. The average molecular weight is 252 g/mol. The van der Waals surface area contributed by atoms with E-state index in [1.165, 1.54) is 12.1 Å². The Bertz CT molecular complexity index is 575. The Balaban J connectivity index is 2.21. The van der Waals surface area contributed by atoms with Gasteiger partial charge in [0, 0.05) is 12.5 Å². The first-order valence-electron chi connectivity index (χ1n) is 5.32. The third kappa shape index (κ3) is 2.74. The maximum absolute atomic E-state index is 13.5. The fourth-order valence-corrected chi connectivity index (χ4v) is 1.58. The molecule has 0 aliphatic carbocycles. The van der Waals surface area contributed by atoms with Gasteiger partial charge in [-0.1, -0.05) is 0 Å². The minimum atomic E-state index is -0.930. The molecule has 0 unspecified atom stereocenters. The van der Waals surface area contributed by atoms with Crippen LogP contribution in [-0.2, 0) is 11.2 Å². The number of aryl methyl sites for hydroxylation is 1. The van der Waals surface area contributed by atoms with Gasteiger partial charge in [-0.15, -0.1) is 0 Å². The Morgan fingerprint density at radius 1 is 1.22 bits per heavy atom. The molecule has 0 radical (unpaired) electrons. The van der Waals surface area contributed by atoms with Crippen LogP contribution in [0.2, 0.25) is 0 Å². The van der Waals surface area contributed by atoms with Gasteiger partial charge in [-0.3, -0.25) is 4.79 Å². The van der Waals surface area contributed by atoms with E-state index < -0.39 is 17.6 Å². The first-order valence-corrected chi connectivity index (χ1v) is 5.32. The second kappa shape index (κ2) is 5.00. The van der Waals surface area contributed by atoms with Crippen LogP contribution in [0.15, 0.2) is 34.7 Å². The van der Waals surface area contributed by atoms with Crippen LogP contribution in [0.25, 0.3) is 11.3 Å². The molecule has 0 saturated heterocycles. The van der Waals surface area contributed by atoms with Crippen molar-refractivity contribution in [3.05, 3.63) is 47.7 Å². The van der Waals surface area contributed by atoms with Gasteiger partial charge in [-0.25, -0.2) is 8.78 Å². The number of carbonyl (C=O) groups is 1. The molecule has 94 valence electrons. The molecule has 0 saturated carbocycles. The summed E-state index contributed by atoms with van der Waals surface area (Å²) in [6.45, 7) is 0. The van der Waals surface area contributed by atoms with Crippen LogP contribution in [0.4, 0.5) is 8.78 Å². The molecule has 1 N–H and O–H groups in total. The van der Waals surface area contributed by atoms with Crippen LogP contribution in [0.5, 0.6) is 0 Å². The quantitative estimate of drug-likeness (QED) is 0.908. The fraction of sp³-hybridized carbons (Fsp3) is 0.154. The molecule has 5 heteroatoms. The first-order chi connectivity index (χ1) is 8.56. The topological polar surface area (TPSA) is 50.4 Å². The molecule has 2 rings (SSSR count). The van der Waals surface area contributed by atoms with Gasteiger partial charge in [0.25, 0.3) is 0 Å². The van der Waals surface area contributed by atoms with E-state index in [0.717, 1.165) is 12.1 Å². The lowest BCUT2D eigenvalue weighted by molar-refractivity contribution is -0.137. The highest BCUT2D eigenvalue weighted by Gasteiger charge is 2.11. The van der Waals surface area contributed by atoms with E-state index in [1.807, 2.05) is 0 Å². The van der Waals surface area contributed by atoms with Crippen LogP contribution in [-0.4, -0.2) is 11.1 Å².